The van der Waals surface area contributed by atoms with E-state index in [2.05, 4.69) is 18.7 Å². The number of ether oxygens (including phenoxy) is 1. The summed E-state index contributed by atoms with van der Waals surface area (Å²) in [5.41, 5.74) is 5.73. The monoisotopic (exact) mass is 218 g/mol. The van der Waals surface area contributed by atoms with Crippen LogP contribution < -0.4 is 5.73 Å². The second-order valence-corrected chi connectivity index (χ2v) is 4.26. The molecule has 0 aromatic rings. The van der Waals surface area contributed by atoms with E-state index in [0.717, 1.165) is 13.1 Å². The predicted octanol–water partition coefficient (Wildman–Crippen LogP) is 0.158. The number of hydrogen-bond donors (Lipinski definition) is 2. The summed E-state index contributed by atoms with van der Waals surface area (Å²) in [6.45, 7) is 8.47. The van der Waals surface area contributed by atoms with Crippen LogP contribution in [0.2, 0.25) is 0 Å². The van der Waals surface area contributed by atoms with Crippen LogP contribution in [0.4, 0.5) is 0 Å². The molecule has 0 heterocycles. The van der Waals surface area contributed by atoms with Gasteiger partial charge in [0.15, 0.2) is 0 Å². The molecule has 92 valence electrons. The number of aliphatic hydroxyl groups is 1. The summed E-state index contributed by atoms with van der Waals surface area (Å²) in [5, 5.41) is 8.95. The molecular weight excluding hydrogens is 192 g/mol. The van der Waals surface area contributed by atoms with Gasteiger partial charge in [-0.25, -0.2) is 0 Å². The summed E-state index contributed by atoms with van der Waals surface area (Å²) < 4.78 is 5.04. The first-order chi connectivity index (χ1) is 7.15. The molecular formula is C11H26N2O2. The Labute approximate surface area is 93.4 Å². The standard InChI is InChI=1S/C11H26N2O2/c1-10(2)11(8-12)9-13(4-6-14)5-7-15-3/h10-11,14H,4-9,12H2,1-3H3. The summed E-state index contributed by atoms with van der Waals surface area (Å²) >= 11 is 0. The van der Waals surface area contributed by atoms with Gasteiger partial charge in [-0.2, -0.15) is 0 Å². The van der Waals surface area contributed by atoms with Crippen molar-refractivity contribution in [1.29, 1.82) is 0 Å². The van der Waals surface area contributed by atoms with Crippen molar-refractivity contribution in [2.75, 3.05) is 46.5 Å². The van der Waals surface area contributed by atoms with E-state index in [0.29, 0.717) is 31.5 Å². The van der Waals surface area contributed by atoms with Crippen LogP contribution in [0.25, 0.3) is 0 Å². The van der Waals surface area contributed by atoms with E-state index in [1.165, 1.54) is 0 Å². The molecule has 0 radical (unpaired) electrons. The highest BCUT2D eigenvalue weighted by Crippen LogP contribution is 2.10. The van der Waals surface area contributed by atoms with Crippen LogP contribution in [0, 0.1) is 11.8 Å². The second-order valence-electron chi connectivity index (χ2n) is 4.26. The highest BCUT2D eigenvalue weighted by molar-refractivity contribution is 4.69. The molecule has 0 aliphatic carbocycles. The van der Waals surface area contributed by atoms with Crippen LogP contribution >= 0.6 is 0 Å². The number of rotatable bonds is 9. The van der Waals surface area contributed by atoms with Crippen LogP contribution in [0.5, 0.6) is 0 Å². The molecule has 4 heteroatoms. The van der Waals surface area contributed by atoms with Gasteiger partial charge in [-0.05, 0) is 18.4 Å². The second kappa shape index (κ2) is 9.09. The van der Waals surface area contributed by atoms with E-state index >= 15 is 0 Å². The molecule has 3 N–H and O–H groups in total. The first kappa shape index (κ1) is 14.8. The molecule has 0 aromatic heterocycles. The third-order valence-corrected chi connectivity index (χ3v) is 2.77. The van der Waals surface area contributed by atoms with Crippen molar-refractivity contribution in [3.63, 3.8) is 0 Å². The lowest BCUT2D eigenvalue weighted by molar-refractivity contribution is 0.113. The van der Waals surface area contributed by atoms with Gasteiger partial charge in [-0.1, -0.05) is 13.8 Å². The minimum absolute atomic E-state index is 0.194. The lowest BCUT2D eigenvalue weighted by Gasteiger charge is -2.28. The molecule has 0 aliphatic rings. The van der Waals surface area contributed by atoms with Gasteiger partial charge in [0.1, 0.15) is 0 Å². The van der Waals surface area contributed by atoms with Gasteiger partial charge in [-0.3, -0.25) is 4.90 Å². The van der Waals surface area contributed by atoms with Crippen LogP contribution in [0.15, 0.2) is 0 Å². The highest BCUT2D eigenvalue weighted by Gasteiger charge is 2.15. The van der Waals surface area contributed by atoms with Gasteiger partial charge in [0.25, 0.3) is 0 Å². The Morgan fingerprint density at radius 2 is 2.00 bits per heavy atom. The zero-order valence-electron chi connectivity index (χ0n) is 10.3. The molecule has 4 nitrogen and oxygen atoms in total. The molecule has 0 amide bonds. The van der Waals surface area contributed by atoms with E-state index in [9.17, 15) is 0 Å². The lowest BCUT2D eigenvalue weighted by atomic mass is 9.95. The van der Waals surface area contributed by atoms with Gasteiger partial charge < -0.3 is 15.6 Å². The molecule has 0 aliphatic heterocycles. The van der Waals surface area contributed by atoms with E-state index in [-0.39, 0.29) is 6.61 Å². The number of aliphatic hydroxyl groups excluding tert-OH is 1. The molecule has 0 bridgehead atoms. The molecule has 1 atom stereocenters. The maximum atomic E-state index is 8.95. The van der Waals surface area contributed by atoms with Crippen LogP contribution in [-0.2, 0) is 4.74 Å². The largest absolute Gasteiger partial charge is 0.395 e. The van der Waals surface area contributed by atoms with Crippen LogP contribution in [0.3, 0.4) is 0 Å². The molecule has 15 heavy (non-hydrogen) atoms. The molecule has 0 saturated heterocycles. The van der Waals surface area contributed by atoms with E-state index < -0.39 is 0 Å². The van der Waals surface area contributed by atoms with Gasteiger partial charge >= 0.3 is 0 Å². The Kier molecular flexibility index (Phi) is 9.00. The minimum Gasteiger partial charge on any atom is -0.395 e. The van der Waals surface area contributed by atoms with Gasteiger partial charge in [0.05, 0.1) is 13.2 Å². The topological polar surface area (TPSA) is 58.7 Å². The van der Waals surface area contributed by atoms with E-state index in [4.69, 9.17) is 15.6 Å². The van der Waals surface area contributed by atoms with Crippen molar-refractivity contribution in [2.24, 2.45) is 17.6 Å². The Hall–Kier alpha value is -0.160. The van der Waals surface area contributed by atoms with Crippen molar-refractivity contribution in [3.8, 4) is 0 Å². The normalized spacial score (nSPS) is 13.8. The predicted molar refractivity (Wildman–Crippen MR) is 62.8 cm³/mol. The van der Waals surface area contributed by atoms with Crippen molar-refractivity contribution in [1.82, 2.24) is 4.90 Å². The van der Waals surface area contributed by atoms with E-state index in [1.54, 1.807) is 7.11 Å². The summed E-state index contributed by atoms with van der Waals surface area (Å²) in [6, 6.07) is 0. The third kappa shape index (κ3) is 6.84. The van der Waals surface area contributed by atoms with Crippen LogP contribution in [-0.4, -0.2) is 56.5 Å². The smallest absolute Gasteiger partial charge is 0.0589 e. The summed E-state index contributed by atoms with van der Waals surface area (Å²) in [4.78, 5) is 2.21. The fourth-order valence-electron chi connectivity index (χ4n) is 1.55. The Morgan fingerprint density at radius 1 is 1.33 bits per heavy atom. The lowest BCUT2D eigenvalue weighted by Crippen LogP contribution is -2.38. The summed E-state index contributed by atoms with van der Waals surface area (Å²) in [6.07, 6.45) is 0. The fraction of sp³-hybridized carbons (Fsp3) is 1.00. The summed E-state index contributed by atoms with van der Waals surface area (Å²) in [7, 11) is 1.69. The zero-order chi connectivity index (χ0) is 11.7. The van der Waals surface area contributed by atoms with Gasteiger partial charge in [0.2, 0.25) is 0 Å². The average molecular weight is 218 g/mol. The first-order valence-electron chi connectivity index (χ1n) is 5.67. The Morgan fingerprint density at radius 3 is 2.40 bits per heavy atom. The molecule has 0 aromatic carbocycles. The van der Waals surface area contributed by atoms with Crippen molar-refractivity contribution < 1.29 is 9.84 Å². The number of nitrogens with zero attached hydrogens (tertiary/aromatic N) is 1. The minimum atomic E-state index is 0.194. The maximum Gasteiger partial charge on any atom is 0.0589 e. The molecule has 0 saturated carbocycles. The quantitative estimate of drug-likeness (QED) is 0.579. The first-order valence-corrected chi connectivity index (χ1v) is 5.67. The average Bonchev–Trinajstić information content (AvgIpc) is 2.21. The maximum absolute atomic E-state index is 8.95. The summed E-state index contributed by atoms with van der Waals surface area (Å²) in [5.74, 6) is 1.08. The van der Waals surface area contributed by atoms with Crippen molar-refractivity contribution >= 4 is 0 Å². The highest BCUT2D eigenvalue weighted by atomic mass is 16.5. The molecule has 1 unspecified atom stereocenters. The number of hydrogen-bond acceptors (Lipinski definition) is 4. The van der Waals surface area contributed by atoms with Gasteiger partial charge in [-0.15, -0.1) is 0 Å². The third-order valence-electron chi connectivity index (χ3n) is 2.77. The SMILES string of the molecule is COCCN(CCO)CC(CN)C(C)C. The van der Waals surface area contributed by atoms with Crippen molar-refractivity contribution in [2.45, 2.75) is 13.8 Å². The van der Waals surface area contributed by atoms with E-state index in [1.807, 2.05) is 0 Å². The molecule has 0 spiro atoms. The fourth-order valence-corrected chi connectivity index (χ4v) is 1.55. The Bertz CT molecular complexity index is 143. The zero-order valence-corrected chi connectivity index (χ0v) is 10.3. The van der Waals surface area contributed by atoms with Crippen LogP contribution in [0.1, 0.15) is 13.8 Å². The Balaban J connectivity index is 3.99. The molecule has 0 rings (SSSR count). The van der Waals surface area contributed by atoms with Gasteiger partial charge in [0, 0.05) is 26.7 Å². The molecule has 0 fully saturated rings. The van der Waals surface area contributed by atoms with Crippen molar-refractivity contribution in [3.05, 3.63) is 0 Å². The number of methoxy groups -OCH3 is 1. The number of nitrogens with two attached hydrogens (primary N) is 1.